The van der Waals surface area contributed by atoms with Crippen LogP contribution in [-0.4, -0.2) is 23.0 Å². The summed E-state index contributed by atoms with van der Waals surface area (Å²) in [5.74, 6) is -0.313. The fourth-order valence-corrected chi connectivity index (χ4v) is 3.59. The molecule has 0 unspecified atom stereocenters. The third-order valence-corrected chi connectivity index (χ3v) is 4.69. The number of benzene rings is 2. The highest BCUT2D eigenvalue weighted by Gasteiger charge is 2.35. The SMILES string of the molecule is O=C1c2ccc3c4c(ccc(c24)C(=O)N1/N=C\c1ccco1)CC3. The van der Waals surface area contributed by atoms with Crippen molar-refractivity contribution in [2.75, 3.05) is 0 Å². The van der Waals surface area contributed by atoms with Crippen LogP contribution in [0.2, 0.25) is 0 Å². The molecule has 116 valence electrons. The summed E-state index contributed by atoms with van der Waals surface area (Å²) >= 11 is 0. The predicted octanol–water partition coefficient (Wildman–Crippen LogP) is 3.16. The third kappa shape index (κ3) is 1.66. The Labute approximate surface area is 137 Å². The van der Waals surface area contributed by atoms with E-state index in [0.717, 1.165) is 28.6 Å². The first-order valence-electron chi connectivity index (χ1n) is 7.78. The van der Waals surface area contributed by atoms with Crippen LogP contribution in [-0.2, 0) is 12.8 Å². The second-order valence-electron chi connectivity index (χ2n) is 5.98. The van der Waals surface area contributed by atoms with Crippen molar-refractivity contribution in [2.24, 2.45) is 5.10 Å². The Bertz CT molecular complexity index is 989. The second-order valence-corrected chi connectivity index (χ2v) is 5.98. The summed E-state index contributed by atoms with van der Waals surface area (Å²) in [5.41, 5.74) is 3.48. The van der Waals surface area contributed by atoms with Crippen LogP contribution >= 0.6 is 0 Å². The number of hydrogen-bond donors (Lipinski definition) is 0. The van der Waals surface area contributed by atoms with Crippen molar-refractivity contribution < 1.29 is 14.0 Å². The van der Waals surface area contributed by atoms with E-state index in [9.17, 15) is 9.59 Å². The van der Waals surface area contributed by atoms with Crippen molar-refractivity contribution in [3.8, 4) is 0 Å². The Morgan fingerprint density at radius 2 is 1.58 bits per heavy atom. The normalized spacial score (nSPS) is 15.9. The fourth-order valence-electron chi connectivity index (χ4n) is 3.59. The smallest absolute Gasteiger partial charge is 0.282 e. The molecule has 2 heterocycles. The number of furan rings is 1. The number of hydrogen-bond acceptors (Lipinski definition) is 4. The molecule has 5 nitrogen and oxygen atoms in total. The molecule has 1 aliphatic heterocycles. The second kappa shape index (κ2) is 4.64. The molecule has 1 aliphatic carbocycles. The number of carbonyl (C=O) groups excluding carboxylic acids is 2. The third-order valence-electron chi connectivity index (χ3n) is 4.69. The largest absolute Gasteiger partial charge is 0.463 e. The van der Waals surface area contributed by atoms with Gasteiger partial charge in [0.2, 0.25) is 0 Å². The van der Waals surface area contributed by atoms with Gasteiger partial charge in [0.15, 0.2) is 0 Å². The van der Waals surface area contributed by atoms with Crippen LogP contribution in [0.4, 0.5) is 0 Å². The number of imide groups is 1. The Kier molecular flexibility index (Phi) is 2.56. The van der Waals surface area contributed by atoms with E-state index in [1.807, 2.05) is 12.1 Å². The fraction of sp³-hybridized carbons (Fsp3) is 0.105. The average Bonchev–Trinajstić information content (AvgIpc) is 3.25. The van der Waals surface area contributed by atoms with Gasteiger partial charge >= 0.3 is 0 Å². The lowest BCUT2D eigenvalue weighted by atomic mass is 9.92. The molecule has 0 saturated carbocycles. The van der Waals surface area contributed by atoms with E-state index in [1.54, 1.807) is 24.3 Å². The zero-order valence-electron chi connectivity index (χ0n) is 12.7. The zero-order chi connectivity index (χ0) is 16.3. The maximum Gasteiger partial charge on any atom is 0.282 e. The van der Waals surface area contributed by atoms with Crippen LogP contribution in [0.5, 0.6) is 0 Å². The summed E-state index contributed by atoms with van der Waals surface area (Å²) in [7, 11) is 0. The van der Waals surface area contributed by atoms with Gasteiger partial charge in [-0.2, -0.15) is 10.1 Å². The van der Waals surface area contributed by atoms with Gasteiger partial charge in [-0.25, -0.2) is 0 Å². The Morgan fingerprint density at radius 3 is 2.17 bits per heavy atom. The molecular weight excluding hydrogens is 304 g/mol. The lowest BCUT2D eigenvalue weighted by molar-refractivity contribution is 0.0616. The first-order chi connectivity index (χ1) is 11.7. The van der Waals surface area contributed by atoms with Crippen molar-refractivity contribution >= 4 is 28.8 Å². The Balaban J connectivity index is 1.69. The van der Waals surface area contributed by atoms with E-state index in [0.29, 0.717) is 16.9 Å². The minimum Gasteiger partial charge on any atom is -0.463 e. The van der Waals surface area contributed by atoms with Crippen LogP contribution in [0.3, 0.4) is 0 Å². The lowest BCUT2D eigenvalue weighted by Crippen LogP contribution is -2.36. The summed E-state index contributed by atoms with van der Waals surface area (Å²) in [6.07, 6.45) is 4.80. The van der Waals surface area contributed by atoms with Gasteiger partial charge in [0.25, 0.3) is 11.8 Å². The maximum absolute atomic E-state index is 12.8. The van der Waals surface area contributed by atoms with Gasteiger partial charge in [-0.3, -0.25) is 9.59 Å². The van der Waals surface area contributed by atoms with Crippen LogP contribution < -0.4 is 0 Å². The molecule has 2 aliphatic rings. The van der Waals surface area contributed by atoms with Crippen molar-refractivity contribution in [1.29, 1.82) is 0 Å². The van der Waals surface area contributed by atoms with Gasteiger partial charge in [-0.1, -0.05) is 12.1 Å². The molecule has 0 spiro atoms. The van der Waals surface area contributed by atoms with Crippen molar-refractivity contribution in [2.45, 2.75) is 12.8 Å². The van der Waals surface area contributed by atoms with E-state index >= 15 is 0 Å². The summed E-state index contributed by atoms with van der Waals surface area (Å²) in [4.78, 5) is 25.6. The van der Waals surface area contributed by atoms with Crippen LogP contribution in [0, 0.1) is 0 Å². The van der Waals surface area contributed by atoms with E-state index in [1.165, 1.54) is 23.6 Å². The molecule has 0 radical (unpaired) electrons. The standard InChI is InChI=1S/C19H12N2O3/c22-18-14-7-5-11-3-4-12-6-8-15(17(14)16(11)12)19(23)21(18)20-10-13-2-1-9-24-13/h1-2,5-10H,3-4H2/b20-10-. The highest BCUT2D eigenvalue weighted by Crippen LogP contribution is 2.38. The van der Waals surface area contributed by atoms with Gasteiger partial charge in [0.1, 0.15) is 5.76 Å². The average molecular weight is 316 g/mol. The molecule has 0 saturated heterocycles. The highest BCUT2D eigenvalue weighted by molar-refractivity contribution is 6.26. The van der Waals surface area contributed by atoms with Crippen molar-refractivity contribution in [3.05, 3.63) is 70.7 Å². The number of carbonyl (C=O) groups is 2. The first-order valence-corrected chi connectivity index (χ1v) is 7.78. The van der Waals surface area contributed by atoms with Gasteiger partial charge in [0.05, 0.1) is 23.6 Å². The van der Waals surface area contributed by atoms with Gasteiger partial charge in [-0.05, 0) is 53.6 Å². The molecule has 0 atom stereocenters. The van der Waals surface area contributed by atoms with Crippen LogP contribution in [0.15, 0.2) is 52.2 Å². The zero-order valence-corrected chi connectivity index (χ0v) is 12.7. The van der Waals surface area contributed by atoms with Gasteiger partial charge < -0.3 is 4.42 Å². The van der Waals surface area contributed by atoms with Crippen molar-refractivity contribution in [3.63, 3.8) is 0 Å². The molecule has 5 rings (SSSR count). The molecule has 1 aromatic heterocycles. The van der Waals surface area contributed by atoms with E-state index in [4.69, 9.17) is 4.42 Å². The minimum atomic E-state index is -0.397. The summed E-state index contributed by atoms with van der Waals surface area (Å²) < 4.78 is 5.16. The number of aryl methyl sites for hydroxylation is 2. The maximum atomic E-state index is 12.8. The lowest BCUT2D eigenvalue weighted by Gasteiger charge is -2.23. The quantitative estimate of drug-likeness (QED) is 0.539. The molecule has 2 aromatic carbocycles. The first kappa shape index (κ1) is 13.2. The summed E-state index contributed by atoms with van der Waals surface area (Å²) in [6, 6.07) is 11.0. The Hall–Kier alpha value is -3.21. The van der Waals surface area contributed by atoms with E-state index in [2.05, 4.69) is 5.10 Å². The molecule has 0 bridgehead atoms. The number of rotatable bonds is 2. The minimum absolute atomic E-state index is 0.397. The van der Waals surface area contributed by atoms with Gasteiger partial charge in [0, 0.05) is 5.39 Å². The molecule has 2 amide bonds. The molecule has 3 aromatic rings. The Morgan fingerprint density at radius 1 is 0.917 bits per heavy atom. The number of hydrazone groups is 1. The summed E-state index contributed by atoms with van der Waals surface area (Å²) in [6.45, 7) is 0. The topological polar surface area (TPSA) is 62.9 Å². The van der Waals surface area contributed by atoms with Crippen LogP contribution in [0.25, 0.3) is 10.8 Å². The van der Waals surface area contributed by atoms with Crippen LogP contribution in [0.1, 0.15) is 37.6 Å². The highest BCUT2D eigenvalue weighted by atomic mass is 16.3. The van der Waals surface area contributed by atoms with Gasteiger partial charge in [-0.15, -0.1) is 0 Å². The van der Waals surface area contributed by atoms with Crippen molar-refractivity contribution in [1.82, 2.24) is 5.01 Å². The monoisotopic (exact) mass is 316 g/mol. The number of nitrogens with zero attached hydrogens (tertiary/aromatic N) is 2. The molecular formula is C19H12N2O3. The number of amides is 2. The molecule has 0 fully saturated rings. The molecule has 0 N–H and O–H groups in total. The predicted molar refractivity (Wildman–Crippen MR) is 88.2 cm³/mol. The summed E-state index contributed by atoms with van der Waals surface area (Å²) in [5, 5.41) is 6.81. The van der Waals surface area contributed by atoms with E-state index < -0.39 is 11.8 Å². The molecule has 24 heavy (non-hydrogen) atoms. The molecule has 5 heteroatoms. The van der Waals surface area contributed by atoms with E-state index in [-0.39, 0.29) is 0 Å².